The normalized spacial score (nSPS) is 10.9. The van der Waals surface area contributed by atoms with Crippen LogP contribution in [0.2, 0.25) is 0 Å². The summed E-state index contributed by atoms with van der Waals surface area (Å²) in [6.45, 7) is 4.26. The summed E-state index contributed by atoms with van der Waals surface area (Å²) < 4.78 is 0. The van der Waals surface area contributed by atoms with Crippen LogP contribution in [-0.2, 0) is 12.8 Å². The average molecular weight is 286 g/mol. The zero-order chi connectivity index (χ0) is 15.8. The van der Waals surface area contributed by atoms with Crippen molar-refractivity contribution in [1.82, 2.24) is 5.32 Å². The molecule has 0 aliphatic carbocycles. The number of guanidine groups is 1. The predicted molar refractivity (Wildman–Crippen MR) is 87.5 cm³/mol. The molecule has 5 heteroatoms. The van der Waals surface area contributed by atoms with Gasteiger partial charge < -0.3 is 5.73 Å². The topological polar surface area (TPSA) is 70.7 Å². The molecule has 1 rings (SSSR count). The summed E-state index contributed by atoms with van der Waals surface area (Å²) in [5.74, 6) is 2.36. The monoisotopic (exact) mass is 286 g/mol. The zero-order valence-electron chi connectivity index (χ0n) is 12.8. The van der Waals surface area contributed by atoms with Gasteiger partial charge in [-0.3, -0.25) is 10.2 Å². The number of benzene rings is 1. The Labute approximate surface area is 126 Å². The van der Waals surface area contributed by atoms with Gasteiger partial charge in [0.05, 0.1) is 5.69 Å². The number of urea groups is 1. The van der Waals surface area contributed by atoms with Crippen molar-refractivity contribution >= 4 is 17.7 Å². The number of terminal acetylenes is 1. The Morgan fingerprint density at radius 2 is 1.95 bits per heavy atom. The van der Waals surface area contributed by atoms with Crippen LogP contribution in [0.15, 0.2) is 23.2 Å². The van der Waals surface area contributed by atoms with E-state index in [4.69, 9.17) is 12.2 Å². The molecule has 3 N–H and O–H groups in total. The van der Waals surface area contributed by atoms with E-state index in [0.29, 0.717) is 0 Å². The standard InChI is InChI=1S/C16H22N4O/c1-5-11-18-15(17)19-16(21)20(4)14-12(6-2)9-8-10-13(14)7-3/h1,8-10H,6-7,11H2,2-4H3,(H3,17,18,19,21). The van der Waals surface area contributed by atoms with Crippen LogP contribution in [0.25, 0.3) is 0 Å². The van der Waals surface area contributed by atoms with Crippen LogP contribution in [0.3, 0.4) is 0 Å². The number of para-hydroxylation sites is 1. The second-order valence-electron chi connectivity index (χ2n) is 4.53. The molecular formula is C16H22N4O. The van der Waals surface area contributed by atoms with E-state index in [2.05, 4.69) is 30.1 Å². The maximum atomic E-state index is 12.3. The van der Waals surface area contributed by atoms with Crippen molar-refractivity contribution in [3.05, 3.63) is 29.3 Å². The number of nitrogens with one attached hydrogen (secondary N) is 1. The Hall–Kier alpha value is -2.48. The Balaban J connectivity index is 3.00. The molecule has 0 saturated carbocycles. The SMILES string of the molecule is C#CCN=C(N)NC(=O)N(C)c1c(CC)cccc1CC. The largest absolute Gasteiger partial charge is 0.370 e. The van der Waals surface area contributed by atoms with E-state index >= 15 is 0 Å². The van der Waals surface area contributed by atoms with Gasteiger partial charge in [-0.05, 0) is 24.0 Å². The third kappa shape index (κ3) is 4.25. The molecule has 0 aromatic heterocycles. The van der Waals surface area contributed by atoms with Crippen molar-refractivity contribution in [3.8, 4) is 12.3 Å². The fraction of sp³-hybridized carbons (Fsp3) is 0.375. The maximum absolute atomic E-state index is 12.3. The van der Waals surface area contributed by atoms with Crippen molar-refractivity contribution in [2.45, 2.75) is 26.7 Å². The second kappa shape index (κ2) is 7.95. The molecule has 0 bridgehead atoms. The number of anilines is 1. The highest BCUT2D eigenvalue weighted by atomic mass is 16.2. The van der Waals surface area contributed by atoms with E-state index in [9.17, 15) is 4.79 Å². The Morgan fingerprint density at radius 3 is 2.43 bits per heavy atom. The average Bonchev–Trinajstić information content (AvgIpc) is 2.51. The molecule has 21 heavy (non-hydrogen) atoms. The number of hydrogen-bond donors (Lipinski definition) is 2. The minimum Gasteiger partial charge on any atom is -0.370 e. The summed E-state index contributed by atoms with van der Waals surface area (Å²) in [5, 5.41) is 2.53. The number of aryl methyl sites for hydroxylation is 2. The van der Waals surface area contributed by atoms with Crippen LogP contribution in [0.1, 0.15) is 25.0 Å². The molecular weight excluding hydrogens is 264 g/mol. The lowest BCUT2D eigenvalue weighted by Gasteiger charge is -2.23. The van der Waals surface area contributed by atoms with Crippen LogP contribution in [0.5, 0.6) is 0 Å². The van der Waals surface area contributed by atoms with Gasteiger partial charge in [-0.15, -0.1) is 6.42 Å². The fourth-order valence-corrected chi connectivity index (χ4v) is 2.11. The number of carbonyl (C=O) groups excluding carboxylic acids is 1. The summed E-state index contributed by atoms with van der Waals surface area (Å²) >= 11 is 0. The minimum absolute atomic E-state index is 0.0248. The first kappa shape index (κ1) is 16.6. The van der Waals surface area contributed by atoms with E-state index in [1.807, 2.05) is 18.2 Å². The molecule has 0 aliphatic rings. The molecule has 0 heterocycles. The number of amides is 2. The molecule has 2 amide bonds. The summed E-state index contributed by atoms with van der Waals surface area (Å²) in [6, 6.07) is 5.72. The number of aliphatic imine (C=N–C) groups is 1. The highest BCUT2D eigenvalue weighted by molar-refractivity contribution is 6.03. The Kier molecular flexibility index (Phi) is 6.28. The van der Waals surface area contributed by atoms with Gasteiger partial charge in [-0.2, -0.15) is 0 Å². The van der Waals surface area contributed by atoms with Crippen LogP contribution in [0, 0.1) is 12.3 Å². The lowest BCUT2D eigenvalue weighted by Crippen LogP contribution is -2.45. The van der Waals surface area contributed by atoms with E-state index in [-0.39, 0.29) is 18.5 Å². The highest BCUT2D eigenvalue weighted by Gasteiger charge is 2.17. The van der Waals surface area contributed by atoms with Crippen molar-refractivity contribution in [2.24, 2.45) is 10.7 Å². The van der Waals surface area contributed by atoms with E-state index in [1.165, 1.54) is 0 Å². The van der Waals surface area contributed by atoms with Gasteiger partial charge in [-0.25, -0.2) is 9.79 Å². The molecule has 0 radical (unpaired) electrons. The molecule has 5 nitrogen and oxygen atoms in total. The lowest BCUT2D eigenvalue weighted by atomic mass is 10.0. The van der Waals surface area contributed by atoms with Gasteiger partial charge >= 0.3 is 6.03 Å². The van der Waals surface area contributed by atoms with E-state index in [0.717, 1.165) is 29.7 Å². The molecule has 0 aliphatic heterocycles. The van der Waals surface area contributed by atoms with Gasteiger partial charge in [0, 0.05) is 7.05 Å². The highest BCUT2D eigenvalue weighted by Crippen LogP contribution is 2.26. The molecule has 0 unspecified atom stereocenters. The first-order chi connectivity index (χ1) is 10.0. The summed E-state index contributed by atoms with van der Waals surface area (Å²) in [7, 11) is 1.72. The molecule has 112 valence electrons. The molecule has 0 saturated heterocycles. The van der Waals surface area contributed by atoms with Crippen molar-refractivity contribution in [2.75, 3.05) is 18.5 Å². The second-order valence-corrected chi connectivity index (χ2v) is 4.53. The first-order valence-corrected chi connectivity index (χ1v) is 6.93. The molecule has 0 atom stereocenters. The van der Waals surface area contributed by atoms with E-state index in [1.54, 1.807) is 11.9 Å². The summed E-state index contributed by atoms with van der Waals surface area (Å²) in [5.41, 5.74) is 8.77. The predicted octanol–water partition coefficient (Wildman–Crippen LogP) is 1.91. The summed E-state index contributed by atoms with van der Waals surface area (Å²) in [4.78, 5) is 17.7. The molecule has 0 spiro atoms. The molecule has 1 aromatic rings. The van der Waals surface area contributed by atoms with Gasteiger partial charge in [0.2, 0.25) is 0 Å². The number of rotatable bonds is 4. The first-order valence-electron chi connectivity index (χ1n) is 6.93. The third-order valence-electron chi connectivity index (χ3n) is 3.18. The minimum atomic E-state index is -0.330. The van der Waals surface area contributed by atoms with Crippen LogP contribution in [-0.4, -0.2) is 25.6 Å². The number of nitrogens with two attached hydrogens (primary N) is 1. The van der Waals surface area contributed by atoms with Crippen molar-refractivity contribution < 1.29 is 4.79 Å². The smallest absolute Gasteiger partial charge is 0.328 e. The Bertz CT molecular complexity index is 550. The quantitative estimate of drug-likeness (QED) is 0.504. The van der Waals surface area contributed by atoms with Crippen LogP contribution in [0.4, 0.5) is 10.5 Å². The number of hydrogen-bond acceptors (Lipinski definition) is 2. The molecule has 0 fully saturated rings. The maximum Gasteiger partial charge on any atom is 0.328 e. The van der Waals surface area contributed by atoms with Gasteiger partial charge in [0.25, 0.3) is 0 Å². The fourth-order valence-electron chi connectivity index (χ4n) is 2.11. The lowest BCUT2D eigenvalue weighted by molar-refractivity contribution is 0.251. The van der Waals surface area contributed by atoms with Crippen molar-refractivity contribution in [3.63, 3.8) is 0 Å². The van der Waals surface area contributed by atoms with E-state index < -0.39 is 0 Å². The van der Waals surface area contributed by atoms with Crippen LogP contribution < -0.4 is 16.0 Å². The third-order valence-corrected chi connectivity index (χ3v) is 3.18. The van der Waals surface area contributed by atoms with Gasteiger partial charge in [-0.1, -0.05) is 38.0 Å². The van der Waals surface area contributed by atoms with Crippen LogP contribution >= 0.6 is 0 Å². The number of nitrogens with zero attached hydrogens (tertiary/aromatic N) is 2. The van der Waals surface area contributed by atoms with Gasteiger partial charge in [0.1, 0.15) is 6.54 Å². The summed E-state index contributed by atoms with van der Waals surface area (Å²) in [6.07, 6.45) is 6.80. The van der Waals surface area contributed by atoms with Gasteiger partial charge in [0.15, 0.2) is 5.96 Å². The number of carbonyl (C=O) groups is 1. The zero-order valence-corrected chi connectivity index (χ0v) is 12.8. The molecule has 1 aromatic carbocycles. The van der Waals surface area contributed by atoms with Crippen molar-refractivity contribution in [1.29, 1.82) is 0 Å². The Morgan fingerprint density at radius 1 is 1.38 bits per heavy atom.